The first-order valence-corrected chi connectivity index (χ1v) is 8.63. The number of fused-ring (bicyclic) bond motifs is 1. The van der Waals surface area contributed by atoms with Crippen LogP contribution >= 0.6 is 35.0 Å². The van der Waals surface area contributed by atoms with Crippen LogP contribution in [0.5, 0.6) is 0 Å². The number of halogens is 2. The van der Waals surface area contributed by atoms with Gasteiger partial charge in [-0.3, -0.25) is 0 Å². The van der Waals surface area contributed by atoms with E-state index in [1.165, 1.54) is 11.8 Å². The minimum absolute atomic E-state index is 0.0235. The van der Waals surface area contributed by atoms with Crippen molar-refractivity contribution in [3.05, 3.63) is 39.2 Å². The van der Waals surface area contributed by atoms with E-state index in [2.05, 4.69) is 4.40 Å². The Morgan fingerprint density at radius 3 is 2.79 bits per heavy atom. The maximum absolute atomic E-state index is 11.4. The van der Waals surface area contributed by atoms with Gasteiger partial charge >= 0.3 is 0 Å². The van der Waals surface area contributed by atoms with E-state index in [9.17, 15) is 8.42 Å². The van der Waals surface area contributed by atoms with Gasteiger partial charge in [-0.2, -0.15) is 0 Å². The topological polar surface area (TPSA) is 49.7 Å². The van der Waals surface area contributed by atoms with E-state index < -0.39 is 10.0 Å². The molecule has 2 aliphatic heterocycles. The smallest absolute Gasteiger partial charge is 0.257 e. The van der Waals surface area contributed by atoms with Crippen LogP contribution in [0.2, 0.25) is 10.0 Å². The van der Waals surface area contributed by atoms with Gasteiger partial charge in [0.05, 0.1) is 21.5 Å². The Hall–Kier alpha value is -0.690. The predicted molar refractivity (Wildman–Crippen MR) is 80.0 cm³/mol. The molecule has 0 aromatic heterocycles. The normalized spacial score (nSPS) is 20.8. The molecule has 0 aliphatic carbocycles. The van der Waals surface area contributed by atoms with Crippen molar-refractivity contribution in [3.8, 4) is 0 Å². The van der Waals surface area contributed by atoms with Crippen LogP contribution in [0.4, 0.5) is 0 Å². The summed E-state index contributed by atoms with van der Waals surface area (Å²) in [6, 6.07) is 5.34. The number of sulfonamides is 1. The summed E-state index contributed by atoms with van der Waals surface area (Å²) < 4.78 is 26.7. The van der Waals surface area contributed by atoms with Gasteiger partial charge < -0.3 is 4.90 Å². The lowest BCUT2D eigenvalue weighted by Gasteiger charge is -2.25. The summed E-state index contributed by atoms with van der Waals surface area (Å²) in [7, 11) is -3.31. The predicted octanol–water partition coefficient (Wildman–Crippen LogP) is 3.04. The van der Waals surface area contributed by atoms with Gasteiger partial charge in [-0.25, -0.2) is 8.42 Å². The third-order valence-electron chi connectivity index (χ3n) is 2.80. The molecule has 8 heteroatoms. The third-order valence-corrected chi connectivity index (χ3v) is 5.67. The molecule has 0 atom stereocenters. The van der Waals surface area contributed by atoms with E-state index in [-0.39, 0.29) is 5.75 Å². The molecule has 0 N–H and O–H groups in total. The molecule has 100 valence electrons. The van der Waals surface area contributed by atoms with Crippen molar-refractivity contribution in [3.63, 3.8) is 0 Å². The Balaban J connectivity index is 1.98. The minimum atomic E-state index is -3.31. The van der Waals surface area contributed by atoms with Gasteiger partial charge in [0.15, 0.2) is 5.17 Å². The molecule has 0 saturated carbocycles. The standard InChI is InChI=1S/C11H8Cl2N2O2S2/c12-8-2-1-7(5-9(8)13)10-6-18-11-14-19(16,17)4-3-15(10)11/h1-2,5-6H,3-4H2. The molecule has 1 aromatic carbocycles. The first-order chi connectivity index (χ1) is 8.96. The molecule has 0 spiro atoms. The third kappa shape index (κ3) is 2.50. The molecule has 1 aromatic rings. The second-order valence-electron chi connectivity index (χ2n) is 4.06. The first kappa shape index (κ1) is 13.3. The van der Waals surface area contributed by atoms with Crippen LogP contribution in [-0.2, 0) is 10.0 Å². The summed E-state index contributed by atoms with van der Waals surface area (Å²) in [6.07, 6.45) is 0. The van der Waals surface area contributed by atoms with Crippen molar-refractivity contribution in [2.45, 2.75) is 0 Å². The van der Waals surface area contributed by atoms with Crippen LogP contribution in [0.15, 0.2) is 28.0 Å². The fourth-order valence-corrected chi connectivity index (χ4v) is 4.33. The maximum Gasteiger partial charge on any atom is 0.257 e. The van der Waals surface area contributed by atoms with Gasteiger partial charge in [-0.05, 0) is 12.1 Å². The highest BCUT2D eigenvalue weighted by atomic mass is 35.5. The number of amidine groups is 1. The molecule has 0 fully saturated rings. The second-order valence-corrected chi connectivity index (χ2v) is 7.47. The monoisotopic (exact) mass is 334 g/mol. The van der Waals surface area contributed by atoms with Crippen LogP contribution in [-0.4, -0.2) is 30.8 Å². The second kappa shape index (κ2) is 4.70. The fraction of sp³-hybridized carbons (Fsp3) is 0.182. The van der Waals surface area contributed by atoms with Gasteiger partial charge in [0, 0.05) is 17.5 Å². The number of thioether (sulfide) groups is 1. The first-order valence-electron chi connectivity index (χ1n) is 5.39. The molecule has 2 aliphatic rings. The van der Waals surface area contributed by atoms with E-state index in [1.54, 1.807) is 12.1 Å². The highest BCUT2D eigenvalue weighted by Crippen LogP contribution is 2.37. The lowest BCUT2D eigenvalue weighted by molar-refractivity contribution is 0.567. The van der Waals surface area contributed by atoms with Gasteiger partial charge in [-0.1, -0.05) is 41.0 Å². The molecule has 0 amide bonds. The Bertz CT molecular complexity index is 713. The summed E-state index contributed by atoms with van der Waals surface area (Å²) in [5.74, 6) is 0.0235. The van der Waals surface area contributed by atoms with Crippen molar-refractivity contribution in [2.24, 2.45) is 4.40 Å². The maximum atomic E-state index is 11.4. The molecule has 3 rings (SSSR count). The average molecular weight is 335 g/mol. The molecule has 2 heterocycles. The van der Waals surface area contributed by atoms with Crippen LogP contribution < -0.4 is 0 Å². The Kier molecular flexibility index (Phi) is 3.29. The van der Waals surface area contributed by atoms with Gasteiger partial charge in [-0.15, -0.1) is 4.40 Å². The highest BCUT2D eigenvalue weighted by molar-refractivity contribution is 8.17. The molecular formula is C11H8Cl2N2O2S2. The summed E-state index contributed by atoms with van der Waals surface area (Å²) in [5, 5.41) is 3.33. The van der Waals surface area contributed by atoms with E-state index in [4.69, 9.17) is 23.2 Å². The van der Waals surface area contributed by atoms with E-state index >= 15 is 0 Å². The molecule has 19 heavy (non-hydrogen) atoms. The largest absolute Gasteiger partial charge is 0.318 e. The lowest BCUT2D eigenvalue weighted by Crippen LogP contribution is -2.34. The molecule has 0 unspecified atom stereocenters. The molecule has 0 saturated heterocycles. The van der Waals surface area contributed by atoms with Crippen LogP contribution in [0.1, 0.15) is 5.56 Å². The van der Waals surface area contributed by atoms with Gasteiger partial charge in [0.25, 0.3) is 10.0 Å². The van der Waals surface area contributed by atoms with E-state index in [1.807, 2.05) is 16.4 Å². The van der Waals surface area contributed by atoms with Crippen LogP contribution in [0, 0.1) is 0 Å². The summed E-state index contributed by atoms with van der Waals surface area (Å²) in [4.78, 5) is 1.88. The van der Waals surface area contributed by atoms with Crippen molar-refractivity contribution >= 4 is 55.9 Å². The minimum Gasteiger partial charge on any atom is -0.318 e. The van der Waals surface area contributed by atoms with Crippen molar-refractivity contribution in [2.75, 3.05) is 12.3 Å². The molecule has 0 radical (unpaired) electrons. The Labute approximate surface area is 125 Å². The highest BCUT2D eigenvalue weighted by Gasteiger charge is 2.31. The summed E-state index contributed by atoms with van der Waals surface area (Å²) in [5.41, 5.74) is 1.80. The number of rotatable bonds is 1. The Morgan fingerprint density at radius 1 is 1.26 bits per heavy atom. The fourth-order valence-electron chi connectivity index (χ4n) is 1.88. The van der Waals surface area contributed by atoms with Gasteiger partial charge in [0.2, 0.25) is 0 Å². The average Bonchev–Trinajstić information content (AvgIpc) is 2.74. The summed E-state index contributed by atoms with van der Waals surface area (Å²) in [6.45, 7) is 0.403. The lowest BCUT2D eigenvalue weighted by atomic mass is 10.1. The zero-order valence-electron chi connectivity index (χ0n) is 9.51. The van der Waals surface area contributed by atoms with Crippen LogP contribution in [0.3, 0.4) is 0 Å². The van der Waals surface area contributed by atoms with Crippen molar-refractivity contribution in [1.82, 2.24) is 4.90 Å². The quantitative estimate of drug-likeness (QED) is 0.792. The van der Waals surface area contributed by atoms with Crippen LogP contribution in [0.25, 0.3) is 5.70 Å². The number of hydrogen-bond donors (Lipinski definition) is 0. The van der Waals surface area contributed by atoms with Crippen molar-refractivity contribution < 1.29 is 8.42 Å². The van der Waals surface area contributed by atoms with Gasteiger partial charge in [0.1, 0.15) is 0 Å². The van der Waals surface area contributed by atoms with E-state index in [0.29, 0.717) is 21.8 Å². The number of hydrogen-bond acceptors (Lipinski definition) is 4. The summed E-state index contributed by atoms with van der Waals surface area (Å²) >= 11 is 13.2. The van der Waals surface area contributed by atoms with Crippen molar-refractivity contribution in [1.29, 1.82) is 0 Å². The number of nitrogens with zero attached hydrogens (tertiary/aromatic N) is 2. The molecule has 0 bridgehead atoms. The molecule has 4 nitrogen and oxygen atoms in total. The number of benzene rings is 1. The zero-order chi connectivity index (χ0) is 13.6. The zero-order valence-corrected chi connectivity index (χ0v) is 12.7. The van der Waals surface area contributed by atoms with E-state index in [0.717, 1.165) is 11.3 Å². The Morgan fingerprint density at radius 2 is 2.05 bits per heavy atom. The SMILES string of the molecule is O=S1(=O)CCN2C(c3ccc(Cl)c(Cl)c3)=CSC2=N1. The molecular weight excluding hydrogens is 327 g/mol.